The zero-order valence-electron chi connectivity index (χ0n) is 14.4. The molecule has 2 aliphatic rings. The van der Waals surface area contributed by atoms with Gasteiger partial charge in [-0.2, -0.15) is 0 Å². The van der Waals surface area contributed by atoms with Crippen LogP contribution in [0.2, 0.25) is 0 Å². The first kappa shape index (κ1) is 17.5. The fourth-order valence-electron chi connectivity index (χ4n) is 4.06. The van der Waals surface area contributed by atoms with Gasteiger partial charge in [0.25, 0.3) is 0 Å². The van der Waals surface area contributed by atoms with Crippen LogP contribution in [-0.4, -0.2) is 41.9 Å². The second kappa shape index (κ2) is 6.22. The van der Waals surface area contributed by atoms with Gasteiger partial charge in [-0.1, -0.05) is 25.1 Å². The molecule has 0 unspecified atom stereocenters. The minimum atomic E-state index is -1.34. The van der Waals surface area contributed by atoms with E-state index in [1.54, 1.807) is 32.0 Å². The summed E-state index contributed by atoms with van der Waals surface area (Å²) in [4.78, 5) is 39.1. The van der Waals surface area contributed by atoms with Crippen molar-refractivity contribution < 1.29 is 23.5 Å². The Morgan fingerprint density at radius 2 is 1.96 bits per heavy atom. The van der Waals surface area contributed by atoms with E-state index < -0.39 is 47.0 Å². The van der Waals surface area contributed by atoms with Gasteiger partial charge in [-0.05, 0) is 19.4 Å². The van der Waals surface area contributed by atoms with Gasteiger partial charge in [-0.15, -0.1) is 0 Å². The molecule has 1 N–H and O–H groups in total. The van der Waals surface area contributed by atoms with Crippen LogP contribution in [0.4, 0.5) is 4.39 Å². The maximum absolute atomic E-state index is 14.4. The number of fused-ring (bicyclic) bond motifs is 1. The molecular formula is C18H21FN2O4. The summed E-state index contributed by atoms with van der Waals surface area (Å²) in [6.07, 6.45) is 0.255. The summed E-state index contributed by atoms with van der Waals surface area (Å²) in [6, 6.07) is 5.31. The predicted octanol–water partition coefficient (Wildman–Crippen LogP) is 1.41. The van der Waals surface area contributed by atoms with E-state index in [0.29, 0.717) is 0 Å². The molecule has 0 spiro atoms. The van der Waals surface area contributed by atoms with Gasteiger partial charge in [0, 0.05) is 18.7 Å². The number of likely N-dealkylation sites (tertiary alicyclic amines) is 1. The van der Waals surface area contributed by atoms with E-state index in [2.05, 4.69) is 5.32 Å². The van der Waals surface area contributed by atoms with E-state index in [1.807, 2.05) is 0 Å². The van der Waals surface area contributed by atoms with E-state index in [1.165, 1.54) is 13.1 Å². The van der Waals surface area contributed by atoms with Gasteiger partial charge in [0.2, 0.25) is 11.8 Å². The molecule has 0 radical (unpaired) electrons. The number of hydrogen-bond acceptors (Lipinski definition) is 5. The van der Waals surface area contributed by atoms with Crippen LogP contribution in [0.5, 0.6) is 0 Å². The summed E-state index contributed by atoms with van der Waals surface area (Å²) in [5.41, 5.74) is -1.07. The minimum absolute atomic E-state index is 0.155. The molecule has 4 atom stereocenters. The smallest absolute Gasteiger partial charge is 0.327 e. The standard InChI is InChI=1S/C18H21FN2O4/c1-4-18(17(24)25-5-2)13-12(15(22)21(3)16(13)23)14(20-18)10-8-6-7-9-11(10)19/h6-9,12-14,20H,4-5H2,1-3H3/t12-,13-,14+,18+/m0/s1. The van der Waals surface area contributed by atoms with Crippen molar-refractivity contribution in [3.05, 3.63) is 35.6 Å². The van der Waals surface area contributed by atoms with Crippen LogP contribution < -0.4 is 5.32 Å². The fourth-order valence-corrected chi connectivity index (χ4v) is 4.06. The molecule has 2 amide bonds. The van der Waals surface area contributed by atoms with Crippen LogP contribution in [0.3, 0.4) is 0 Å². The maximum Gasteiger partial charge on any atom is 0.327 e. The number of halogens is 1. The average molecular weight is 348 g/mol. The lowest BCUT2D eigenvalue weighted by Crippen LogP contribution is -2.55. The Labute approximate surface area is 145 Å². The normalized spacial score (nSPS) is 31.4. The second-order valence-electron chi connectivity index (χ2n) is 6.43. The zero-order valence-corrected chi connectivity index (χ0v) is 14.4. The molecule has 2 fully saturated rings. The summed E-state index contributed by atoms with van der Waals surface area (Å²) in [7, 11) is 1.40. The highest BCUT2D eigenvalue weighted by Gasteiger charge is 2.67. The molecule has 25 heavy (non-hydrogen) atoms. The van der Waals surface area contributed by atoms with Crippen molar-refractivity contribution in [1.29, 1.82) is 0 Å². The molecule has 0 saturated carbocycles. The zero-order chi connectivity index (χ0) is 18.4. The quantitative estimate of drug-likeness (QED) is 0.658. The molecule has 6 nitrogen and oxygen atoms in total. The highest BCUT2D eigenvalue weighted by Crippen LogP contribution is 2.50. The van der Waals surface area contributed by atoms with Gasteiger partial charge in [-0.25, -0.2) is 4.39 Å². The van der Waals surface area contributed by atoms with Crippen molar-refractivity contribution >= 4 is 17.8 Å². The van der Waals surface area contributed by atoms with Crippen molar-refractivity contribution in [2.45, 2.75) is 31.8 Å². The third-order valence-corrected chi connectivity index (χ3v) is 5.31. The molecule has 2 aliphatic heterocycles. The van der Waals surface area contributed by atoms with Gasteiger partial charge >= 0.3 is 5.97 Å². The first-order valence-electron chi connectivity index (χ1n) is 8.39. The molecule has 0 bridgehead atoms. The Balaban J connectivity index is 2.14. The molecule has 0 aliphatic carbocycles. The summed E-state index contributed by atoms with van der Waals surface area (Å²) in [5.74, 6) is -3.64. The van der Waals surface area contributed by atoms with E-state index in [0.717, 1.165) is 4.90 Å². The largest absolute Gasteiger partial charge is 0.465 e. The molecule has 1 aromatic carbocycles. The van der Waals surface area contributed by atoms with Crippen LogP contribution in [0.1, 0.15) is 31.9 Å². The molecular weight excluding hydrogens is 327 g/mol. The molecule has 134 valence electrons. The van der Waals surface area contributed by atoms with Crippen LogP contribution in [0.15, 0.2) is 24.3 Å². The Kier molecular flexibility index (Phi) is 4.36. The Hall–Kier alpha value is -2.28. The van der Waals surface area contributed by atoms with Crippen molar-refractivity contribution in [2.24, 2.45) is 11.8 Å². The minimum Gasteiger partial charge on any atom is -0.465 e. The second-order valence-corrected chi connectivity index (χ2v) is 6.43. The highest BCUT2D eigenvalue weighted by molar-refractivity contribution is 6.09. The lowest BCUT2D eigenvalue weighted by Gasteiger charge is -2.31. The number of benzene rings is 1. The van der Waals surface area contributed by atoms with Gasteiger partial charge in [0.1, 0.15) is 11.4 Å². The number of hydrogen-bond donors (Lipinski definition) is 1. The number of carbonyl (C=O) groups excluding carboxylic acids is 3. The summed E-state index contributed by atoms with van der Waals surface area (Å²) >= 11 is 0. The number of esters is 1. The van der Waals surface area contributed by atoms with Gasteiger partial charge in [0.05, 0.1) is 18.4 Å². The van der Waals surface area contributed by atoms with Crippen molar-refractivity contribution in [1.82, 2.24) is 10.2 Å². The highest BCUT2D eigenvalue weighted by atomic mass is 19.1. The van der Waals surface area contributed by atoms with E-state index in [9.17, 15) is 18.8 Å². The summed E-state index contributed by atoms with van der Waals surface area (Å²) in [5, 5.41) is 3.10. The van der Waals surface area contributed by atoms with Crippen molar-refractivity contribution in [3.8, 4) is 0 Å². The van der Waals surface area contributed by atoms with E-state index >= 15 is 0 Å². The first-order chi connectivity index (χ1) is 11.9. The van der Waals surface area contributed by atoms with E-state index in [-0.39, 0.29) is 18.6 Å². The molecule has 7 heteroatoms. The average Bonchev–Trinajstić information content (AvgIpc) is 3.06. The Bertz CT molecular complexity index is 738. The first-order valence-corrected chi connectivity index (χ1v) is 8.39. The number of nitrogens with zero attached hydrogens (tertiary/aromatic N) is 1. The lowest BCUT2D eigenvalue weighted by atomic mass is 9.78. The number of amides is 2. The monoisotopic (exact) mass is 348 g/mol. The number of nitrogens with one attached hydrogen (secondary N) is 1. The number of rotatable bonds is 4. The SMILES string of the molecule is CCOC(=O)[C@]1(CC)N[C@H](c2ccccc2F)[C@H]2C(=O)N(C)C(=O)[C@H]21. The number of imide groups is 1. The lowest BCUT2D eigenvalue weighted by molar-refractivity contribution is -0.156. The Morgan fingerprint density at radius 1 is 1.28 bits per heavy atom. The number of carbonyl (C=O) groups is 3. The van der Waals surface area contributed by atoms with Crippen LogP contribution in [-0.2, 0) is 19.1 Å². The topological polar surface area (TPSA) is 75.7 Å². The third kappa shape index (κ3) is 2.37. The maximum atomic E-state index is 14.4. The molecule has 1 aromatic rings. The molecule has 3 rings (SSSR count). The molecule has 2 saturated heterocycles. The predicted molar refractivity (Wildman–Crippen MR) is 86.7 cm³/mol. The van der Waals surface area contributed by atoms with E-state index in [4.69, 9.17) is 4.74 Å². The van der Waals surface area contributed by atoms with Crippen LogP contribution >= 0.6 is 0 Å². The van der Waals surface area contributed by atoms with Crippen molar-refractivity contribution in [3.63, 3.8) is 0 Å². The number of ether oxygens (including phenoxy) is 1. The van der Waals surface area contributed by atoms with Crippen LogP contribution in [0.25, 0.3) is 0 Å². The summed E-state index contributed by atoms with van der Waals surface area (Å²) in [6.45, 7) is 3.58. The summed E-state index contributed by atoms with van der Waals surface area (Å²) < 4.78 is 19.5. The molecule has 0 aromatic heterocycles. The Morgan fingerprint density at radius 3 is 2.56 bits per heavy atom. The molecule has 2 heterocycles. The van der Waals surface area contributed by atoms with Gasteiger partial charge in [0.15, 0.2) is 0 Å². The van der Waals surface area contributed by atoms with Crippen LogP contribution in [0, 0.1) is 17.7 Å². The van der Waals surface area contributed by atoms with Gasteiger partial charge < -0.3 is 4.74 Å². The van der Waals surface area contributed by atoms with Gasteiger partial charge in [-0.3, -0.25) is 24.6 Å². The fraction of sp³-hybridized carbons (Fsp3) is 0.500. The van der Waals surface area contributed by atoms with Crippen molar-refractivity contribution in [2.75, 3.05) is 13.7 Å². The third-order valence-electron chi connectivity index (χ3n) is 5.31.